The molecule has 18 heavy (non-hydrogen) atoms. The minimum absolute atomic E-state index is 0.0914. The van der Waals surface area contributed by atoms with Crippen molar-refractivity contribution in [3.8, 4) is 0 Å². The first-order chi connectivity index (χ1) is 8.48. The molecule has 1 aromatic rings. The fourth-order valence-corrected chi connectivity index (χ4v) is 5.88. The number of nitrogens with two attached hydrogens (primary N) is 1. The lowest BCUT2D eigenvalue weighted by Crippen LogP contribution is -2.42. The molecule has 2 rings (SSSR count). The van der Waals surface area contributed by atoms with Crippen molar-refractivity contribution in [2.75, 3.05) is 6.54 Å². The van der Waals surface area contributed by atoms with E-state index in [1.807, 2.05) is 19.2 Å². The molecule has 1 fully saturated rings. The Morgan fingerprint density at radius 1 is 1.50 bits per heavy atom. The normalized spacial score (nSPS) is 22.3. The maximum absolute atomic E-state index is 12.7. The average Bonchev–Trinajstić information content (AvgIpc) is 2.71. The first-order valence-corrected chi connectivity index (χ1v) is 8.59. The van der Waals surface area contributed by atoms with E-state index in [1.54, 1.807) is 4.31 Å². The van der Waals surface area contributed by atoms with Crippen LogP contribution < -0.4 is 5.73 Å². The molecule has 2 N–H and O–H groups in total. The van der Waals surface area contributed by atoms with Crippen molar-refractivity contribution in [2.24, 2.45) is 5.73 Å². The summed E-state index contributed by atoms with van der Waals surface area (Å²) < 4.78 is 27.1. The molecule has 6 heteroatoms. The van der Waals surface area contributed by atoms with Crippen molar-refractivity contribution in [3.63, 3.8) is 0 Å². The van der Waals surface area contributed by atoms with E-state index in [-0.39, 0.29) is 12.6 Å². The molecule has 1 aliphatic heterocycles. The first kappa shape index (κ1) is 14.0. The highest BCUT2D eigenvalue weighted by molar-refractivity contribution is 7.89. The van der Waals surface area contributed by atoms with Gasteiger partial charge in [0.15, 0.2) is 0 Å². The highest BCUT2D eigenvalue weighted by atomic mass is 32.2. The van der Waals surface area contributed by atoms with Gasteiger partial charge in [-0.1, -0.05) is 6.42 Å². The van der Waals surface area contributed by atoms with E-state index in [1.165, 1.54) is 11.3 Å². The summed E-state index contributed by atoms with van der Waals surface area (Å²) in [6.45, 7) is 4.75. The van der Waals surface area contributed by atoms with E-state index < -0.39 is 10.0 Å². The predicted octanol–water partition coefficient (Wildman–Crippen LogP) is 2.08. The van der Waals surface area contributed by atoms with Crippen molar-refractivity contribution in [1.29, 1.82) is 0 Å². The molecule has 1 atom stereocenters. The summed E-state index contributed by atoms with van der Waals surface area (Å²) in [6, 6.07) is 0.0914. The number of nitrogens with zero attached hydrogens (tertiary/aromatic N) is 1. The lowest BCUT2D eigenvalue weighted by Gasteiger charge is -2.32. The van der Waals surface area contributed by atoms with Crippen molar-refractivity contribution in [3.05, 3.63) is 15.8 Å². The third-order valence-corrected chi connectivity index (χ3v) is 6.98. The number of aryl methyl sites for hydroxylation is 1. The average molecular weight is 288 g/mol. The Balaban J connectivity index is 2.44. The second kappa shape index (κ2) is 5.28. The lowest BCUT2D eigenvalue weighted by atomic mass is 10.1. The summed E-state index contributed by atoms with van der Waals surface area (Å²) in [5.41, 5.74) is 6.47. The molecule has 0 spiro atoms. The second-order valence-electron chi connectivity index (χ2n) is 4.84. The van der Waals surface area contributed by atoms with Gasteiger partial charge in [-0.15, -0.1) is 11.3 Å². The zero-order valence-electron chi connectivity index (χ0n) is 10.8. The smallest absolute Gasteiger partial charge is 0.244 e. The van der Waals surface area contributed by atoms with Crippen LogP contribution in [0.3, 0.4) is 0 Å². The van der Waals surface area contributed by atoms with Gasteiger partial charge in [0.05, 0.1) is 0 Å². The number of hydrogen-bond donors (Lipinski definition) is 1. The molecule has 1 aliphatic rings. The van der Waals surface area contributed by atoms with Crippen LogP contribution in [0.5, 0.6) is 0 Å². The second-order valence-corrected chi connectivity index (χ2v) is 7.63. The molecule has 0 bridgehead atoms. The molecule has 0 amide bonds. The van der Waals surface area contributed by atoms with Crippen LogP contribution >= 0.6 is 11.3 Å². The number of rotatable bonds is 3. The van der Waals surface area contributed by atoms with Crippen LogP contribution in [0.4, 0.5) is 0 Å². The van der Waals surface area contributed by atoms with E-state index in [9.17, 15) is 8.42 Å². The Morgan fingerprint density at radius 3 is 2.83 bits per heavy atom. The molecule has 0 radical (unpaired) electrons. The summed E-state index contributed by atoms with van der Waals surface area (Å²) in [6.07, 6.45) is 3.00. The maximum Gasteiger partial charge on any atom is 0.244 e. The highest BCUT2D eigenvalue weighted by Crippen LogP contribution is 2.32. The van der Waals surface area contributed by atoms with Crippen LogP contribution in [-0.4, -0.2) is 25.3 Å². The molecule has 4 nitrogen and oxygen atoms in total. The van der Waals surface area contributed by atoms with Crippen molar-refractivity contribution >= 4 is 21.4 Å². The van der Waals surface area contributed by atoms with Crippen LogP contribution in [0.2, 0.25) is 0 Å². The Labute approximate surface area is 113 Å². The predicted molar refractivity (Wildman–Crippen MR) is 74.2 cm³/mol. The zero-order valence-corrected chi connectivity index (χ0v) is 12.5. The fourth-order valence-electron chi connectivity index (χ4n) is 2.52. The van der Waals surface area contributed by atoms with Crippen LogP contribution in [0.15, 0.2) is 10.3 Å². The number of thiophene rings is 1. The molecule has 0 aliphatic carbocycles. The van der Waals surface area contributed by atoms with Gasteiger partial charge in [0, 0.05) is 24.0 Å². The maximum atomic E-state index is 12.7. The summed E-state index contributed by atoms with van der Waals surface area (Å²) >= 11 is 1.44. The van der Waals surface area contributed by atoms with E-state index in [0.717, 1.165) is 29.7 Å². The molecule has 1 saturated heterocycles. The molecule has 1 unspecified atom stereocenters. The van der Waals surface area contributed by atoms with Gasteiger partial charge in [-0.25, -0.2) is 8.42 Å². The minimum Gasteiger partial charge on any atom is -0.326 e. The fraction of sp³-hybridized carbons (Fsp3) is 0.667. The van der Waals surface area contributed by atoms with Crippen molar-refractivity contribution in [1.82, 2.24) is 4.31 Å². The van der Waals surface area contributed by atoms with Gasteiger partial charge in [0.1, 0.15) is 4.90 Å². The van der Waals surface area contributed by atoms with Gasteiger partial charge in [-0.2, -0.15) is 4.31 Å². The summed E-state index contributed by atoms with van der Waals surface area (Å²) in [5.74, 6) is 0. The molecule has 0 aromatic carbocycles. The van der Waals surface area contributed by atoms with E-state index in [2.05, 4.69) is 0 Å². The minimum atomic E-state index is -3.38. The van der Waals surface area contributed by atoms with E-state index in [0.29, 0.717) is 11.4 Å². The van der Waals surface area contributed by atoms with Gasteiger partial charge in [-0.05, 0) is 37.6 Å². The Morgan fingerprint density at radius 2 is 2.22 bits per heavy atom. The zero-order chi connectivity index (χ0) is 13.3. The van der Waals surface area contributed by atoms with Gasteiger partial charge in [0.2, 0.25) is 10.0 Å². The summed E-state index contributed by atoms with van der Waals surface area (Å²) in [4.78, 5) is 1.22. The standard InChI is InChI=1S/C12H20N2O2S2/c1-9-8-17-11(7-13)12(9)18(15,16)14-6-4-3-5-10(14)2/h8,10H,3-7,13H2,1-2H3. The van der Waals surface area contributed by atoms with Gasteiger partial charge in [-0.3, -0.25) is 0 Å². The van der Waals surface area contributed by atoms with Gasteiger partial charge >= 0.3 is 0 Å². The SMILES string of the molecule is Cc1csc(CN)c1S(=O)(=O)N1CCCCC1C. The van der Waals surface area contributed by atoms with Crippen LogP contribution in [-0.2, 0) is 16.6 Å². The van der Waals surface area contributed by atoms with Crippen molar-refractivity contribution in [2.45, 2.75) is 50.6 Å². The molecule has 102 valence electrons. The number of piperidine rings is 1. The Bertz CT molecular complexity index is 522. The van der Waals surface area contributed by atoms with Crippen molar-refractivity contribution < 1.29 is 8.42 Å². The molecule has 1 aromatic heterocycles. The number of sulfonamides is 1. The lowest BCUT2D eigenvalue weighted by molar-refractivity contribution is 0.268. The third kappa shape index (κ3) is 2.34. The largest absolute Gasteiger partial charge is 0.326 e. The molecule has 0 saturated carbocycles. The topological polar surface area (TPSA) is 63.4 Å². The van der Waals surface area contributed by atoms with Crippen LogP contribution in [0.25, 0.3) is 0 Å². The van der Waals surface area contributed by atoms with E-state index in [4.69, 9.17) is 5.73 Å². The molecular weight excluding hydrogens is 268 g/mol. The molecular formula is C12H20N2O2S2. The summed E-state index contributed by atoms with van der Waals surface area (Å²) in [7, 11) is -3.38. The highest BCUT2D eigenvalue weighted by Gasteiger charge is 2.33. The monoisotopic (exact) mass is 288 g/mol. The van der Waals surface area contributed by atoms with Gasteiger partial charge in [0.25, 0.3) is 0 Å². The number of hydrogen-bond acceptors (Lipinski definition) is 4. The quantitative estimate of drug-likeness (QED) is 0.926. The van der Waals surface area contributed by atoms with Crippen LogP contribution in [0, 0.1) is 6.92 Å². The molecule has 2 heterocycles. The third-order valence-electron chi connectivity index (χ3n) is 3.48. The van der Waals surface area contributed by atoms with Crippen LogP contribution in [0.1, 0.15) is 36.6 Å². The van der Waals surface area contributed by atoms with E-state index >= 15 is 0 Å². The summed E-state index contributed by atoms with van der Waals surface area (Å²) in [5, 5.41) is 1.88. The Kier molecular flexibility index (Phi) is 4.11. The van der Waals surface area contributed by atoms with Gasteiger partial charge < -0.3 is 5.73 Å². The first-order valence-electron chi connectivity index (χ1n) is 6.27. The Hall–Kier alpha value is -0.430.